The summed E-state index contributed by atoms with van der Waals surface area (Å²) in [6.45, 7) is 1.37. The number of thioether (sulfide) groups is 2. The van der Waals surface area contributed by atoms with Crippen molar-refractivity contribution in [2.24, 2.45) is 0 Å². The van der Waals surface area contributed by atoms with Gasteiger partial charge >= 0.3 is 11.9 Å². The smallest absolute Gasteiger partial charge is 0.365 e. The first-order valence-corrected chi connectivity index (χ1v) is 9.14. The van der Waals surface area contributed by atoms with Crippen LogP contribution in [0, 0.1) is 0 Å². The van der Waals surface area contributed by atoms with Crippen LogP contribution in [0.15, 0.2) is 0 Å². The highest BCUT2D eigenvalue weighted by Gasteiger charge is 2.20. The van der Waals surface area contributed by atoms with E-state index in [0.717, 1.165) is 17.9 Å². The van der Waals surface area contributed by atoms with Gasteiger partial charge in [-0.3, -0.25) is 4.79 Å². The van der Waals surface area contributed by atoms with Crippen LogP contribution in [-0.2, 0) is 23.9 Å². The van der Waals surface area contributed by atoms with Gasteiger partial charge in [-0.25, -0.2) is 9.59 Å². The van der Waals surface area contributed by atoms with E-state index in [4.69, 9.17) is 0 Å². The third kappa shape index (κ3) is 9.91. The summed E-state index contributed by atoms with van der Waals surface area (Å²) >= 11 is 3.23. The number of rotatable bonds is 11. The molecule has 0 saturated carbocycles. The molecule has 2 atom stereocenters. The van der Waals surface area contributed by atoms with Gasteiger partial charge in [-0.15, -0.1) is 0 Å². The van der Waals surface area contributed by atoms with Crippen molar-refractivity contribution in [3.05, 3.63) is 0 Å². The predicted molar refractivity (Wildman–Crippen MR) is 87.6 cm³/mol. The van der Waals surface area contributed by atoms with E-state index < -0.39 is 12.0 Å². The van der Waals surface area contributed by atoms with Crippen LogP contribution in [0.25, 0.3) is 0 Å². The number of hydrogen-bond acceptors (Lipinski definition) is 7. The van der Waals surface area contributed by atoms with Gasteiger partial charge in [-0.2, -0.15) is 23.5 Å². The summed E-state index contributed by atoms with van der Waals surface area (Å²) in [5.41, 5.74) is 3.73. The first-order chi connectivity index (χ1) is 10.4. The maximum atomic E-state index is 11.5. The normalized spacial score (nSPS) is 13.1. The van der Waals surface area contributed by atoms with Crippen LogP contribution in [-0.4, -0.2) is 67.2 Å². The number of hydrogen-bond donors (Lipinski definition) is 2. The summed E-state index contributed by atoms with van der Waals surface area (Å²) < 4.78 is 9.25. The molecular weight excluding hydrogens is 328 g/mol. The van der Waals surface area contributed by atoms with E-state index in [-0.39, 0.29) is 17.9 Å². The first kappa shape index (κ1) is 21.1. The monoisotopic (exact) mass is 353 g/mol. The fourth-order valence-corrected chi connectivity index (χ4v) is 3.57. The van der Waals surface area contributed by atoms with Gasteiger partial charge in [-0.05, 0) is 17.9 Å². The molecule has 0 aliphatic carbocycles. The van der Waals surface area contributed by atoms with Crippen molar-refractivity contribution in [2.75, 3.05) is 37.2 Å². The molecule has 0 heterocycles. The Morgan fingerprint density at radius 1 is 1.05 bits per heavy atom. The van der Waals surface area contributed by atoms with E-state index in [1.807, 2.05) is 0 Å². The Bertz CT molecular complexity index is 368. The minimum Gasteiger partial charge on any atom is -0.467 e. The van der Waals surface area contributed by atoms with Gasteiger partial charge in [0, 0.05) is 12.7 Å². The second-order valence-electron chi connectivity index (χ2n) is 4.50. The minimum atomic E-state index is -0.608. The molecule has 128 valence electrons. The quantitative estimate of drug-likeness (QED) is 0.373. The van der Waals surface area contributed by atoms with E-state index in [1.165, 1.54) is 21.1 Å². The summed E-state index contributed by atoms with van der Waals surface area (Å²) in [6, 6.07) is -0.949. The molecule has 0 spiro atoms. The topological polar surface area (TPSA) is 109 Å². The molecule has 1 amide bonds. The van der Waals surface area contributed by atoms with Crippen molar-refractivity contribution in [3.8, 4) is 0 Å². The molecule has 22 heavy (non-hydrogen) atoms. The lowest BCUT2D eigenvalue weighted by molar-refractivity contribution is -0.400. The molecule has 0 aromatic heterocycles. The zero-order valence-corrected chi connectivity index (χ0v) is 14.9. The van der Waals surface area contributed by atoms with Gasteiger partial charge in [0.25, 0.3) is 0 Å². The molecule has 0 aromatic rings. The minimum absolute atomic E-state index is 0.254. The lowest BCUT2D eigenvalue weighted by Crippen LogP contribution is -2.66. The second kappa shape index (κ2) is 12.6. The third-order valence-electron chi connectivity index (χ3n) is 2.58. The number of amides is 1. The van der Waals surface area contributed by atoms with Gasteiger partial charge in [0.05, 0.1) is 20.0 Å². The molecular formula is C13H25N2O5S2+. The first-order valence-electron chi connectivity index (χ1n) is 6.83. The lowest BCUT2D eigenvalue weighted by atomic mass is 10.3. The maximum absolute atomic E-state index is 11.5. The Morgan fingerprint density at radius 2 is 1.59 bits per heavy atom. The van der Waals surface area contributed by atoms with Crippen molar-refractivity contribution in [3.63, 3.8) is 0 Å². The summed E-state index contributed by atoms with van der Waals surface area (Å²) in [7, 11) is 2.66. The number of methoxy groups -OCH3 is 2. The van der Waals surface area contributed by atoms with Crippen LogP contribution < -0.4 is 11.1 Å². The highest BCUT2D eigenvalue weighted by molar-refractivity contribution is 8.00. The van der Waals surface area contributed by atoms with Gasteiger partial charge in [0.2, 0.25) is 5.91 Å². The van der Waals surface area contributed by atoms with Gasteiger partial charge in [0.1, 0.15) is 6.04 Å². The zero-order valence-electron chi connectivity index (χ0n) is 13.3. The van der Waals surface area contributed by atoms with Crippen LogP contribution in [0.4, 0.5) is 0 Å². The van der Waals surface area contributed by atoms with Crippen LogP contribution in [0.3, 0.4) is 0 Å². The van der Waals surface area contributed by atoms with E-state index in [2.05, 4.69) is 20.5 Å². The molecule has 0 unspecified atom stereocenters. The molecule has 0 aliphatic heterocycles. The van der Waals surface area contributed by atoms with Crippen molar-refractivity contribution in [2.45, 2.75) is 25.4 Å². The van der Waals surface area contributed by atoms with Gasteiger partial charge in [0.15, 0.2) is 6.04 Å². The Kier molecular flexibility index (Phi) is 12.1. The fraction of sp³-hybridized carbons (Fsp3) is 0.769. The highest BCUT2D eigenvalue weighted by atomic mass is 32.2. The van der Waals surface area contributed by atoms with Gasteiger partial charge < -0.3 is 20.5 Å². The molecule has 0 aromatic carbocycles. The average Bonchev–Trinajstić information content (AvgIpc) is 2.50. The molecule has 0 aliphatic rings. The van der Waals surface area contributed by atoms with Crippen molar-refractivity contribution >= 4 is 41.4 Å². The van der Waals surface area contributed by atoms with Gasteiger partial charge in [-0.1, -0.05) is 0 Å². The number of carbonyl (C=O) groups excluding carboxylic acids is 3. The largest absolute Gasteiger partial charge is 0.467 e. The molecule has 0 bridgehead atoms. The van der Waals surface area contributed by atoms with E-state index in [0.29, 0.717) is 11.5 Å². The Morgan fingerprint density at radius 3 is 2.09 bits per heavy atom. The standard InChI is InChI=1S/C13H24N2O5S2/c1-9(16)15-11(13(18)20-3)8-22-6-4-5-21-7-10(14)12(17)19-2/h10-11H,4-8,14H2,1-3H3,(H,15,16)/p+1/t10-,11-/m0/s1. The molecule has 0 radical (unpaired) electrons. The molecule has 0 saturated heterocycles. The average molecular weight is 353 g/mol. The number of esters is 2. The predicted octanol–water partition coefficient (Wildman–Crippen LogP) is -0.696. The zero-order chi connectivity index (χ0) is 17.0. The number of carbonyl (C=O) groups is 3. The molecule has 7 nitrogen and oxygen atoms in total. The molecule has 0 fully saturated rings. The van der Waals surface area contributed by atoms with E-state index >= 15 is 0 Å². The van der Waals surface area contributed by atoms with Crippen LogP contribution >= 0.6 is 23.5 Å². The summed E-state index contributed by atoms with van der Waals surface area (Å²) in [5, 5.41) is 2.57. The maximum Gasteiger partial charge on any atom is 0.365 e. The number of ether oxygens (including phenoxy) is 2. The van der Waals surface area contributed by atoms with E-state index in [1.54, 1.807) is 23.5 Å². The Hall–Kier alpha value is -0.930. The Balaban J connectivity index is 3.75. The lowest BCUT2D eigenvalue weighted by Gasteiger charge is -2.14. The third-order valence-corrected chi connectivity index (χ3v) is 4.94. The number of quaternary nitrogens is 1. The van der Waals surface area contributed by atoms with Crippen molar-refractivity contribution < 1.29 is 29.6 Å². The molecule has 9 heteroatoms. The fourth-order valence-electron chi connectivity index (χ4n) is 1.48. The summed E-state index contributed by atoms with van der Waals surface area (Å²) in [6.07, 6.45) is 0.942. The second-order valence-corrected chi connectivity index (χ2v) is 6.80. The molecule has 0 rings (SSSR count). The summed E-state index contributed by atoms with van der Waals surface area (Å²) in [5.74, 6) is 1.90. The van der Waals surface area contributed by atoms with Crippen LogP contribution in [0.2, 0.25) is 0 Å². The SMILES string of the molecule is COC(=O)[C@H](CSCCCSC[C@H]([NH3+])C(=O)OC)NC(C)=O. The van der Waals surface area contributed by atoms with E-state index in [9.17, 15) is 14.4 Å². The highest BCUT2D eigenvalue weighted by Crippen LogP contribution is 2.10. The van der Waals surface area contributed by atoms with Crippen molar-refractivity contribution in [1.82, 2.24) is 5.32 Å². The molecule has 4 N–H and O–H groups in total. The number of nitrogens with one attached hydrogen (secondary N) is 1. The van der Waals surface area contributed by atoms with Crippen LogP contribution in [0.5, 0.6) is 0 Å². The van der Waals surface area contributed by atoms with Crippen molar-refractivity contribution in [1.29, 1.82) is 0 Å². The van der Waals surface area contributed by atoms with Crippen LogP contribution in [0.1, 0.15) is 13.3 Å². The Labute approximate surface area is 139 Å². The summed E-state index contributed by atoms with van der Waals surface area (Å²) in [4.78, 5) is 33.6.